The Morgan fingerprint density at radius 1 is 1.05 bits per heavy atom. The molecule has 38 heavy (non-hydrogen) atoms. The van der Waals surface area contributed by atoms with Crippen LogP contribution in [0.1, 0.15) is 24.2 Å². The number of anilines is 2. The van der Waals surface area contributed by atoms with Gasteiger partial charge in [0.15, 0.2) is 0 Å². The molecule has 0 saturated heterocycles. The molecule has 11 heteroatoms. The number of carbonyl (C=O) groups is 2. The highest BCUT2D eigenvalue weighted by Crippen LogP contribution is 2.41. The van der Waals surface area contributed by atoms with Crippen molar-refractivity contribution in [3.63, 3.8) is 0 Å². The third kappa shape index (κ3) is 5.92. The average Bonchev–Trinajstić information content (AvgIpc) is 3.42. The van der Waals surface area contributed by atoms with Gasteiger partial charge in [0.1, 0.15) is 5.76 Å². The summed E-state index contributed by atoms with van der Waals surface area (Å²) in [5, 5.41) is 18.5. The van der Waals surface area contributed by atoms with Gasteiger partial charge in [0, 0.05) is 11.4 Å². The van der Waals surface area contributed by atoms with E-state index in [0.717, 1.165) is 17.8 Å². The fourth-order valence-corrected chi connectivity index (χ4v) is 4.84. The number of furan rings is 1. The highest BCUT2D eigenvalue weighted by Gasteiger charge is 2.37. The first kappa shape index (κ1) is 26.6. The summed E-state index contributed by atoms with van der Waals surface area (Å²) in [6.07, 6.45) is -3.21. The molecule has 194 valence electrons. The van der Waals surface area contributed by atoms with E-state index in [4.69, 9.17) is 4.42 Å². The van der Waals surface area contributed by atoms with E-state index in [-0.39, 0.29) is 22.6 Å². The molecule has 1 unspecified atom stereocenters. The number of rotatable bonds is 7. The number of thioether (sulfide) groups is 1. The van der Waals surface area contributed by atoms with Crippen LogP contribution in [0.5, 0.6) is 0 Å². The Labute approximate surface area is 220 Å². The van der Waals surface area contributed by atoms with Gasteiger partial charge in [0.05, 0.1) is 51.4 Å². The standard InChI is InChI=1S/C27H21F3N4O3S/c1-16-23(25(36)33-17-8-3-2-4-9-17)24(21-12-7-13-37-21)18(14-31)26(32-16)38-15-22(35)34-20-11-6-5-10-19(20)27(28,29)30/h2-13,24,32H,15H2,1H3,(H,33,36)(H,34,35). The van der Waals surface area contributed by atoms with Gasteiger partial charge in [0.25, 0.3) is 5.91 Å². The molecule has 0 saturated carbocycles. The van der Waals surface area contributed by atoms with Crippen LogP contribution in [0, 0.1) is 11.3 Å². The van der Waals surface area contributed by atoms with Gasteiger partial charge >= 0.3 is 6.18 Å². The minimum absolute atomic E-state index is 0.136. The molecule has 0 spiro atoms. The van der Waals surface area contributed by atoms with Crippen LogP contribution in [0.25, 0.3) is 0 Å². The molecular formula is C27H21F3N4O3S. The summed E-state index contributed by atoms with van der Waals surface area (Å²) < 4.78 is 45.4. The lowest BCUT2D eigenvalue weighted by Crippen LogP contribution is -2.31. The normalized spacial score (nSPS) is 15.5. The number of nitrogens with one attached hydrogen (secondary N) is 3. The summed E-state index contributed by atoms with van der Waals surface area (Å²) in [6, 6.07) is 18.9. The SMILES string of the molecule is CC1=C(C(=O)Nc2ccccc2)C(c2ccco2)C(C#N)=C(SCC(=O)Nc2ccccc2C(F)(F)F)N1. The van der Waals surface area contributed by atoms with E-state index < -0.39 is 29.5 Å². The third-order valence-electron chi connectivity index (χ3n) is 5.61. The van der Waals surface area contributed by atoms with E-state index in [2.05, 4.69) is 22.0 Å². The van der Waals surface area contributed by atoms with Crippen molar-refractivity contribution in [3.05, 3.63) is 106 Å². The van der Waals surface area contributed by atoms with Gasteiger partial charge in [-0.2, -0.15) is 18.4 Å². The Bertz CT molecular complexity index is 1440. The molecule has 0 bridgehead atoms. The smallest absolute Gasteiger partial charge is 0.418 e. The molecule has 0 fully saturated rings. The fraction of sp³-hybridized carbons (Fsp3) is 0.148. The number of alkyl halides is 3. The van der Waals surface area contributed by atoms with Gasteiger partial charge in [-0.05, 0) is 43.3 Å². The van der Waals surface area contributed by atoms with Crippen molar-refractivity contribution in [1.82, 2.24) is 5.32 Å². The number of halogens is 3. The lowest BCUT2D eigenvalue weighted by molar-refractivity contribution is -0.137. The van der Waals surface area contributed by atoms with Crippen molar-refractivity contribution in [1.29, 1.82) is 5.26 Å². The molecule has 1 aromatic heterocycles. The van der Waals surface area contributed by atoms with Crippen LogP contribution in [-0.2, 0) is 15.8 Å². The molecule has 2 heterocycles. The highest BCUT2D eigenvalue weighted by molar-refractivity contribution is 8.03. The highest BCUT2D eigenvalue weighted by atomic mass is 32.2. The molecule has 1 aliphatic rings. The summed E-state index contributed by atoms with van der Waals surface area (Å²) in [7, 11) is 0. The largest absolute Gasteiger partial charge is 0.468 e. The van der Waals surface area contributed by atoms with E-state index in [9.17, 15) is 28.0 Å². The number of hydrogen-bond donors (Lipinski definition) is 3. The summed E-state index contributed by atoms with van der Waals surface area (Å²) in [4.78, 5) is 25.9. The maximum absolute atomic E-state index is 13.3. The van der Waals surface area contributed by atoms with Crippen molar-refractivity contribution in [3.8, 4) is 6.07 Å². The van der Waals surface area contributed by atoms with E-state index in [1.807, 2.05) is 6.07 Å². The lowest BCUT2D eigenvalue weighted by atomic mass is 9.85. The van der Waals surface area contributed by atoms with Crippen molar-refractivity contribution in [2.45, 2.75) is 19.0 Å². The summed E-state index contributed by atoms with van der Waals surface area (Å²) in [6.45, 7) is 1.66. The van der Waals surface area contributed by atoms with Crippen LogP contribution in [-0.4, -0.2) is 17.6 Å². The predicted molar refractivity (Wildman–Crippen MR) is 138 cm³/mol. The molecule has 3 aromatic rings. The van der Waals surface area contributed by atoms with Crippen LogP contribution in [0.15, 0.2) is 99.3 Å². The molecule has 0 radical (unpaired) electrons. The number of dihydropyridines is 1. The number of amides is 2. The van der Waals surface area contributed by atoms with Crippen molar-refractivity contribution < 1.29 is 27.2 Å². The first-order chi connectivity index (χ1) is 18.2. The Morgan fingerprint density at radius 2 is 1.76 bits per heavy atom. The molecule has 0 aliphatic carbocycles. The summed E-state index contributed by atoms with van der Waals surface area (Å²) >= 11 is 0.938. The molecule has 2 aromatic carbocycles. The van der Waals surface area contributed by atoms with Gasteiger partial charge < -0.3 is 20.4 Å². The third-order valence-corrected chi connectivity index (χ3v) is 6.62. The van der Waals surface area contributed by atoms with Crippen LogP contribution in [0.3, 0.4) is 0 Å². The average molecular weight is 539 g/mol. The zero-order chi connectivity index (χ0) is 27.3. The number of nitriles is 1. The van der Waals surface area contributed by atoms with E-state index in [0.29, 0.717) is 22.2 Å². The van der Waals surface area contributed by atoms with Crippen LogP contribution < -0.4 is 16.0 Å². The van der Waals surface area contributed by atoms with Crippen molar-refractivity contribution >= 4 is 35.0 Å². The van der Waals surface area contributed by atoms with Crippen LogP contribution >= 0.6 is 11.8 Å². The molecule has 1 aliphatic heterocycles. The fourth-order valence-electron chi connectivity index (χ4n) is 3.95. The minimum atomic E-state index is -4.63. The summed E-state index contributed by atoms with van der Waals surface area (Å²) in [5.74, 6) is -1.94. The molecule has 4 rings (SSSR count). The van der Waals surface area contributed by atoms with E-state index in [1.54, 1.807) is 43.3 Å². The van der Waals surface area contributed by atoms with Gasteiger partial charge in [-0.1, -0.05) is 42.1 Å². The summed E-state index contributed by atoms with van der Waals surface area (Å²) in [5.41, 5.74) is 0.0713. The van der Waals surface area contributed by atoms with Crippen molar-refractivity contribution in [2.75, 3.05) is 16.4 Å². The second-order valence-corrected chi connectivity index (χ2v) is 9.15. The van der Waals surface area contributed by atoms with E-state index >= 15 is 0 Å². The Balaban J connectivity index is 1.57. The Kier molecular flexibility index (Phi) is 7.93. The number of hydrogen-bond acceptors (Lipinski definition) is 6. The second-order valence-electron chi connectivity index (χ2n) is 8.17. The van der Waals surface area contributed by atoms with Gasteiger partial charge in [0.2, 0.25) is 5.91 Å². The second kappa shape index (κ2) is 11.3. The first-order valence-electron chi connectivity index (χ1n) is 11.3. The number of nitrogens with zero attached hydrogens (tertiary/aromatic N) is 1. The zero-order valence-electron chi connectivity index (χ0n) is 19.9. The van der Waals surface area contributed by atoms with E-state index in [1.165, 1.54) is 24.5 Å². The number of carbonyl (C=O) groups excluding carboxylic acids is 2. The van der Waals surface area contributed by atoms with Crippen molar-refractivity contribution in [2.24, 2.45) is 0 Å². The number of allylic oxidation sites excluding steroid dienone is 2. The zero-order valence-corrected chi connectivity index (χ0v) is 20.7. The molecule has 7 nitrogen and oxygen atoms in total. The Morgan fingerprint density at radius 3 is 2.42 bits per heavy atom. The molecular weight excluding hydrogens is 517 g/mol. The topological polar surface area (TPSA) is 107 Å². The maximum Gasteiger partial charge on any atom is 0.418 e. The molecule has 2 amide bonds. The molecule has 1 atom stereocenters. The maximum atomic E-state index is 13.3. The monoisotopic (exact) mass is 538 g/mol. The number of para-hydroxylation sites is 2. The quantitative estimate of drug-likeness (QED) is 0.340. The Hall–Kier alpha value is -4.43. The van der Waals surface area contributed by atoms with Crippen LogP contribution in [0.4, 0.5) is 24.5 Å². The van der Waals surface area contributed by atoms with Gasteiger partial charge in [-0.25, -0.2) is 0 Å². The number of benzene rings is 2. The minimum Gasteiger partial charge on any atom is -0.468 e. The predicted octanol–water partition coefficient (Wildman–Crippen LogP) is 6.00. The van der Waals surface area contributed by atoms with Gasteiger partial charge in [-0.15, -0.1) is 0 Å². The molecule has 3 N–H and O–H groups in total. The lowest BCUT2D eigenvalue weighted by Gasteiger charge is -2.28. The first-order valence-corrected chi connectivity index (χ1v) is 12.3. The van der Waals surface area contributed by atoms with Gasteiger partial charge in [-0.3, -0.25) is 9.59 Å². The van der Waals surface area contributed by atoms with Crippen LogP contribution in [0.2, 0.25) is 0 Å².